The van der Waals surface area contributed by atoms with Gasteiger partial charge in [-0.05, 0) is 44.4 Å². The van der Waals surface area contributed by atoms with Crippen LogP contribution in [0, 0.1) is 5.92 Å². The molecule has 17 heavy (non-hydrogen) atoms. The van der Waals surface area contributed by atoms with Crippen LogP contribution in [-0.2, 0) is 4.79 Å². The van der Waals surface area contributed by atoms with Crippen molar-refractivity contribution in [3.05, 3.63) is 0 Å². The molecule has 0 aromatic carbocycles. The van der Waals surface area contributed by atoms with E-state index in [1.54, 1.807) is 0 Å². The Morgan fingerprint density at radius 2 is 1.94 bits per heavy atom. The third kappa shape index (κ3) is 3.01. The monoisotopic (exact) mass is 238 g/mol. The van der Waals surface area contributed by atoms with Crippen molar-refractivity contribution in [1.29, 1.82) is 0 Å². The largest absolute Gasteiger partial charge is 0.338 e. The van der Waals surface area contributed by atoms with E-state index in [1.165, 1.54) is 38.5 Å². The van der Waals surface area contributed by atoms with E-state index < -0.39 is 0 Å². The van der Waals surface area contributed by atoms with Crippen LogP contribution in [0.2, 0.25) is 0 Å². The molecule has 1 heterocycles. The van der Waals surface area contributed by atoms with Gasteiger partial charge in [-0.1, -0.05) is 19.8 Å². The van der Waals surface area contributed by atoms with Crippen molar-refractivity contribution in [2.75, 3.05) is 6.54 Å². The van der Waals surface area contributed by atoms with Crippen LogP contribution in [0.3, 0.4) is 0 Å². The Balaban J connectivity index is 1.85. The lowest BCUT2D eigenvalue weighted by atomic mass is 9.82. The van der Waals surface area contributed by atoms with Gasteiger partial charge in [-0.3, -0.25) is 4.79 Å². The molecule has 2 N–H and O–H groups in total. The minimum Gasteiger partial charge on any atom is -0.338 e. The highest BCUT2D eigenvalue weighted by Gasteiger charge is 2.33. The average molecular weight is 238 g/mol. The van der Waals surface area contributed by atoms with Gasteiger partial charge in [0, 0.05) is 12.6 Å². The number of nitrogens with zero attached hydrogens (tertiary/aromatic N) is 1. The lowest BCUT2D eigenvalue weighted by Crippen LogP contribution is -2.53. The third-order valence-corrected chi connectivity index (χ3v) is 4.47. The van der Waals surface area contributed by atoms with E-state index in [0.29, 0.717) is 6.04 Å². The fourth-order valence-electron chi connectivity index (χ4n) is 3.44. The Morgan fingerprint density at radius 1 is 1.24 bits per heavy atom. The molecule has 1 saturated carbocycles. The van der Waals surface area contributed by atoms with E-state index >= 15 is 0 Å². The number of nitrogens with two attached hydrogens (primary N) is 1. The molecule has 0 spiro atoms. The SMILES string of the molecule is CCCC1CCC(N2CCCC(N)C2=O)CC1. The predicted octanol–water partition coefficient (Wildman–Crippen LogP) is 2.29. The highest BCUT2D eigenvalue weighted by atomic mass is 16.2. The van der Waals surface area contributed by atoms with Crippen LogP contribution in [0.5, 0.6) is 0 Å². The first-order chi connectivity index (χ1) is 8.22. The minimum absolute atomic E-state index is 0.204. The Bertz CT molecular complexity index is 259. The lowest BCUT2D eigenvalue weighted by Gasteiger charge is -2.40. The van der Waals surface area contributed by atoms with Crippen LogP contribution in [0.25, 0.3) is 0 Å². The number of rotatable bonds is 3. The standard InChI is InChI=1S/C14H26N2O/c1-2-4-11-6-8-12(9-7-11)16-10-3-5-13(15)14(16)17/h11-13H,2-10,15H2,1H3. The zero-order chi connectivity index (χ0) is 12.3. The second-order valence-corrected chi connectivity index (χ2v) is 5.74. The quantitative estimate of drug-likeness (QED) is 0.820. The maximum Gasteiger partial charge on any atom is 0.239 e. The molecule has 2 rings (SSSR count). The minimum atomic E-state index is -0.225. The third-order valence-electron chi connectivity index (χ3n) is 4.47. The molecule has 2 aliphatic rings. The van der Waals surface area contributed by atoms with Crippen molar-refractivity contribution in [1.82, 2.24) is 4.90 Å². The molecule has 2 fully saturated rings. The van der Waals surface area contributed by atoms with Gasteiger partial charge < -0.3 is 10.6 Å². The Hall–Kier alpha value is -0.570. The van der Waals surface area contributed by atoms with Gasteiger partial charge in [-0.15, -0.1) is 0 Å². The van der Waals surface area contributed by atoms with Crippen molar-refractivity contribution in [3.63, 3.8) is 0 Å². The van der Waals surface area contributed by atoms with Gasteiger partial charge in [0.25, 0.3) is 0 Å². The predicted molar refractivity (Wildman–Crippen MR) is 69.6 cm³/mol. The Kier molecular flexibility index (Phi) is 4.43. The number of carbonyl (C=O) groups is 1. The van der Waals surface area contributed by atoms with E-state index in [0.717, 1.165) is 25.3 Å². The molecule has 0 aromatic heterocycles. The molecule has 1 aliphatic heterocycles. The first-order valence-electron chi connectivity index (χ1n) is 7.28. The highest BCUT2D eigenvalue weighted by molar-refractivity contribution is 5.82. The number of amides is 1. The fourth-order valence-corrected chi connectivity index (χ4v) is 3.44. The molecule has 0 bridgehead atoms. The Morgan fingerprint density at radius 3 is 2.59 bits per heavy atom. The number of hydrogen-bond acceptors (Lipinski definition) is 2. The van der Waals surface area contributed by atoms with Crippen molar-refractivity contribution < 1.29 is 4.79 Å². The van der Waals surface area contributed by atoms with E-state index in [1.807, 2.05) is 0 Å². The molecule has 1 unspecified atom stereocenters. The molecular formula is C14H26N2O. The number of hydrogen-bond donors (Lipinski definition) is 1. The van der Waals surface area contributed by atoms with E-state index in [4.69, 9.17) is 5.73 Å². The molecule has 1 saturated heterocycles. The van der Waals surface area contributed by atoms with Gasteiger partial charge in [0.15, 0.2) is 0 Å². The maximum absolute atomic E-state index is 12.0. The second kappa shape index (κ2) is 5.85. The number of carbonyl (C=O) groups excluding carboxylic acids is 1. The van der Waals surface area contributed by atoms with Gasteiger partial charge in [-0.2, -0.15) is 0 Å². The molecular weight excluding hydrogens is 212 g/mol. The summed E-state index contributed by atoms with van der Waals surface area (Å²) in [5, 5.41) is 0. The molecule has 0 aromatic rings. The van der Waals surface area contributed by atoms with Gasteiger partial charge in [-0.25, -0.2) is 0 Å². The summed E-state index contributed by atoms with van der Waals surface area (Å²) >= 11 is 0. The number of likely N-dealkylation sites (tertiary alicyclic amines) is 1. The van der Waals surface area contributed by atoms with Crippen LogP contribution in [0.15, 0.2) is 0 Å². The molecule has 3 nitrogen and oxygen atoms in total. The summed E-state index contributed by atoms with van der Waals surface area (Å²) in [4.78, 5) is 14.1. The summed E-state index contributed by atoms with van der Waals surface area (Å²) in [6.07, 6.45) is 9.62. The lowest BCUT2D eigenvalue weighted by molar-refractivity contribution is -0.138. The second-order valence-electron chi connectivity index (χ2n) is 5.74. The van der Waals surface area contributed by atoms with Crippen molar-refractivity contribution in [2.24, 2.45) is 11.7 Å². The molecule has 1 aliphatic carbocycles. The topological polar surface area (TPSA) is 46.3 Å². The fraction of sp³-hybridized carbons (Fsp3) is 0.929. The molecule has 0 radical (unpaired) electrons. The van der Waals surface area contributed by atoms with Crippen LogP contribution >= 0.6 is 0 Å². The highest BCUT2D eigenvalue weighted by Crippen LogP contribution is 2.31. The first kappa shape index (κ1) is 12.9. The average Bonchev–Trinajstić information content (AvgIpc) is 2.34. The number of piperidine rings is 1. The van der Waals surface area contributed by atoms with Gasteiger partial charge in [0.1, 0.15) is 0 Å². The van der Waals surface area contributed by atoms with Crippen molar-refractivity contribution in [3.8, 4) is 0 Å². The van der Waals surface area contributed by atoms with Crippen molar-refractivity contribution >= 4 is 5.91 Å². The summed E-state index contributed by atoms with van der Waals surface area (Å²) in [7, 11) is 0. The van der Waals surface area contributed by atoms with Crippen molar-refractivity contribution in [2.45, 2.75) is 70.4 Å². The van der Waals surface area contributed by atoms with E-state index in [-0.39, 0.29) is 11.9 Å². The Labute approximate surface area is 105 Å². The van der Waals surface area contributed by atoms with Crippen LogP contribution in [0.4, 0.5) is 0 Å². The summed E-state index contributed by atoms with van der Waals surface area (Å²) in [6.45, 7) is 3.20. The summed E-state index contributed by atoms with van der Waals surface area (Å²) in [5.74, 6) is 1.11. The van der Waals surface area contributed by atoms with Crippen LogP contribution in [-0.4, -0.2) is 29.4 Å². The summed E-state index contributed by atoms with van der Waals surface area (Å²) in [6, 6.07) is 0.263. The summed E-state index contributed by atoms with van der Waals surface area (Å²) < 4.78 is 0. The summed E-state index contributed by atoms with van der Waals surface area (Å²) in [5.41, 5.74) is 5.86. The smallest absolute Gasteiger partial charge is 0.239 e. The molecule has 3 heteroatoms. The van der Waals surface area contributed by atoms with Crippen LogP contribution < -0.4 is 5.73 Å². The van der Waals surface area contributed by atoms with E-state index in [2.05, 4.69) is 11.8 Å². The van der Waals surface area contributed by atoms with Gasteiger partial charge >= 0.3 is 0 Å². The maximum atomic E-state index is 12.0. The van der Waals surface area contributed by atoms with Gasteiger partial charge in [0.2, 0.25) is 5.91 Å². The van der Waals surface area contributed by atoms with Gasteiger partial charge in [0.05, 0.1) is 6.04 Å². The normalized spacial score (nSPS) is 35.1. The zero-order valence-electron chi connectivity index (χ0n) is 11.0. The zero-order valence-corrected chi connectivity index (χ0v) is 11.0. The molecule has 1 amide bonds. The molecule has 98 valence electrons. The molecule has 1 atom stereocenters. The van der Waals surface area contributed by atoms with E-state index in [9.17, 15) is 4.79 Å². The van der Waals surface area contributed by atoms with Crippen LogP contribution in [0.1, 0.15) is 58.3 Å². The first-order valence-corrected chi connectivity index (χ1v) is 7.28.